The number of nitrogens with one attached hydrogen (secondary N) is 2. The summed E-state index contributed by atoms with van der Waals surface area (Å²) in [7, 11) is 0. The molecule has 0 atom stereocenters. The summed E-state index contributed by atoms with van der Waals surface area (Å²) in [6.07, 6.45) is 1.11. The van der Waals surface area contributed by atoms with E-state index in [0.717, 1.165) is 16.3 Å². The van der Waals surface area contributed by atoms with Crippen molar-refractivity contribution in [1.29, 1.82) is 0 Å². The molecule has 8 nitrogen and oxygen atoms in total. The number of hydrogen-bond acceptors (Lipinski definition) is 5. The molecule has 1 aromatic heterocycles. The van der Waals surface area contributed by atoms with E-state index in [2.05, 4.69) is 10.3 Å². The predicted octanol–water partition coefficient (Wildman–Crippen LogP) is 1.82. The maximum atomic E-state index is 12.7. The van der Waals surface area contributed by atoms with Crippen LogP contribution in [-0.2, 0) is 0 Å². The highest BCUT2D eigenvalue weighted by molar-refractivity contribution is 6.04. The first kappa shape index (κ1) is 16.6. The fourth-order valence-corrected chi connectivity index (χ4v) is 2.74. The number of carbonyl (C=O) groups excluding carboxylic acids is 1. The Kier molecular flexibility index (Phi) is 4.00. The minimum absolute atomic E-state index is 0.119. The zero-order chi connectivity index (χ0) is 19.0. The van der Waals surface area contributed by atoms with Crippen molar-refractivity contribution in [3.05, 3.63) is 80.6 Å². The van der Waals surface area contributed by atoms with Crippen LogP contribution in [0, 0.1) is 6.92 Å². The molecule has 0 unspecified atom stereocenters. The molecule has 0 fully saturated rings. The van der Waals surface area contributed by atoms with E-state index in [1.54, 1.807) is 42.5 Å². The average molecular weight is 365 g/mol. The maximum Gasteiger partial charge on any atom is 0.333 e. The molecule has 2 N–H and O–H groups in total. The molecule has 1 amide bonds. The van der Waals surface area contributed by atoms with Gasteiger partial charge in [0.15, 0.2) is 11.5 Å². The first-order chi connectivity index (χ1) is 13.0. The Morgan fingerprint density at radius 1 is 1.07 bits per heavy atom. The van der Waals surface area contributed by atoms with Crippen molar-refractivity contribution in [2.45, 2.75) is 6.92 Å². The molecule has 136 valence electrons. The molecular formula is C19H15N3O5. The lowest BCUT2D eigenvalue weighted by molar-refractivity contribution is 0.102. The molecule has 2 heterocycles. The second kappa shape index (κ2) is 6.49. The highest BCUT2D eigenvalue weighted by Gasteiger charge is 2.18. The van der Waals surface area contributed by atoms with Gasteiger partial charge in [-0.15, -0.1) is 0 Å². The molecule has 3 aromatic rings. The number of hydrogen-bond donors (Lipinski definition) is 2. The molecule has 8 heteroatoms. The van der Waals surface area contributed by atoms with Crippen LogP contribution in [0.1, 0.15) is 15.9 Å². The van der Waals surface area contributed by atoms with E-state index in [1.165, 1.54) is 0 Å². The van der Waals surface area contributed by atoms with Crippen LogP contribution in [0.4, 0.5) is 5.69 Å². The third kappa shape index (κ3) is 3.08. The number of anilines is 1. The molecule has 0 spiro atoms. The van der Waals surface area contributed by atoms with E-state index < -0.39 is 17.2 Å². The van der Waals surface area contributed by atoms with Crippen molar-refractivity contribution in [3.8, 4) is 17.2 Å². The van der Waals surface area contributed by atoms with Crippen molar-refractivity contribution >= 4 is 11.6 Å². The van der Waals surface area contributed by atoms with E-state index >= 15 is 0 Å². The number of aromatic amines is 1. The van der Waals surface area contributed by atoms with Crippen LogP contribution in [-0.4, -0.2) is 22.3 Å². The van der Waals surface area contributed by atoms with Gasteiger partial charge in [0.2, 0.25) is 6.79 Å². The van der Waals surface area contributed by atoms with Crippen LogP contribution in [0.5, 0.6) is 11.5 Å². The molecule has 4 rings (SSSR count). The standard InChI is InChI=1S/C19H15N3O5/c1-11-2-5-13(6-3-11)22-18(24)14(9-20-19(22)25)17(23)21-12-4-7-15-16(8-12)27-10-26-15/h2-9H,10H2,1H3,(H,20,25)(H,21,23). The summed E-state index contributed by atoms with van der Waals surface area (Å²) in [6, 6.07) is 11.7. The van der Waals surface area contributed by atoms with E-state index in [9.17, 15) is 14.4 Å². The molecule has 0 bridgehead atoms. The first-order valence-corrected chi connectivity index (χ1v) is 8.16. The third-order valence-corrected chi connectivity index (χ3v) is 4.14. The number of aryl methyl sites for hydroxylation is 1. The highest BCUT2D eigenvalue weighted by atomic mass is 16.7. The Bertz CT molecular complexity index is 1150. The maximum absolute atomic E-state index is 12.7. The summed E-state index contributed by atoms with van der Waals surface area (Å²) in [5.41, 5.74) is 0.290. The second-order valence-corrected chi connectivity index (χ2v) is 6.01. The number of ether oxygens (including phenoxy) is 2. The Hall–Kier alpha value is -3.81. The average Bonchev–Trinajstić information content (AvgIpc) is 3.11. The van der Waals surface area contributed by atoms with Gasteiger partial charge in [0, 0.05) is 18.0 Å². The summed E-state index contributed by atoms with van der Waals surface area (Å²) >= 11 is 0. The lowest BCUT2D eigenvalue weighted by Crippen LogP contribution is -2.38. The van der Waals surface area contributed by atoms with Crippen molar-refractivity contribution in [1.82, 2.24) is 9.55 Å². The lowest BCUT2D eigenvalue weighted by Gasteiger charge is -2.09. The first-order valence-electron chi connectivity index (χ1n) is 8.16. The summed E-state index contributed by atoms with van der Waals surface area (Å²) in [5.74, 6) is 0.445. The smallest absolute Gasteiger partial charge is 0.333 e. The van der Waals surface area contributed by atoms with Gasteiger partial charge in [-0.3, -0.25) is 9.59 Å². The zero-order valence-corrected chi connectivity index (χ0v) is 14.3. The number of carbonyl (C=O) groups is 1. The minimum atomic E-state index is -0.708. The van der Waals surface area contributed by atoms with Crippen molar-refractivity contribution in [2.24, 2.45) is 0 Å². The summed E-state index contributed by atoms with van der Waals surface area (Å²) < 4.78 is 11.4. The van der Waals surface area contributed by atoms with Gasteiger partial charge in [-0.1, -0.05) is 17.7 Å². The molecule has 0 saturated carbocycles. The lowest BCUT2D eigenvalue weighted by atomic mass is 10.2. The van der Waals surface area contributed by atoms with Gasteiger partial charge in [-0.05, 0) is 31.2 Å². The van der Waals surface area contributed by atoms with Gasteiger partial charge in [-0.2, -0.15) is 0 Å². The molecule has 1 aliphatic rings. The van der Waals surface area contributed by atoms with E-state index in [-0.39, 0.29) is 12.4 Å². The van der Waals surface area contributed by atoms with Gasteiger partial charge in [0.25, 0.3) is 11.5 Å². The number of benzene rings is 2. The topological polar surface area (TPSA) is 102 Å². The van der Waals surface area contributed by atoms with E-state index in [0.29, 0.717) is 22.9 Å². The van der Waals surface area contributed by atoms with Crippen LogP contribution in [0.2, 0.25) is 0 Å². The number of aromatic nitrogens is 2. The number of nitrogens with zero attached hydrogens (tertiary/aromatic N) is 1. The van der Waals surface area contributed by atoms with Crippen LogP contribution in [0.3, 0.4) is 0 Å². The fourth-order valence-electron chi connectivity index (χ4n) is 2.74. The Labute approximate surface area is 153 Å². The quantitative estimate of drug-likeness (QED) is 0.737. The van der Waals surface area contributed by atoms with Gasteiger partial charge in [0.1, 0.15) is 5.56 Å². The molecule has 0 saturated heterocycles. The minimum Gasteiger partial charge on any atom is -0.454 e. The Morgan fingerprint density at radius 2 is 1.81 bits per heavy atom. The van der Waals surface area contributed by atoms with Gasteiger partial charge in [0.05, 0.1) is 5.69 Å². The highest BCUT2D eigenvalue weighted by Crippen LogP contribution is 2.34. The summed E-state index contributed by atoms with van der Waals surface area (Å²) in [5, 5.41) is 2.63. The SMILES string of the molecule is Cc1ccc(-n2c(=O)[nH]cc(C(=O)Nc3ccc4c(c3)OCO4)c2=O)cc1. The number of fused-ring (bicyclic) bond motifs is 1. The van der Waals surface area contributed by atoms with Crippen LogP contribution in [0.15, 0.2) is 58.3 Å². The second-order valence-electron chi connectivity index (χ2n) is 6.01. The van der Waals surface area contributed by atoms with Gasteiger partial charge >= 0.3 is 5.69 Å². The molecule has 0 aliphatic carbocycles. The molecule has 2 aromatic carbocycles. The third-order valence-electron chi connectivity index (χ3n) is 4.14. The fraction of sp³-hybridized carbons (Fsp3) is 0.105. The summed E-state index contributed by atoms with van der Waals surface area (Å²) in [4.78, 5) is 39.9. The van der Waals surface area contributed by atoms with Gasteiger partial charge in [-0.25, -0.2) is 9.36 Å². The van der Waals surface area contributed by atoms with Crippen molar-refractivity contribution < 1.29 is 14.3 Å². The number of amides is 1. The Balaban J connectivity index is 1.68. The largest absolute Gasteiger partial charge is 0.454 e. The molecular weight excluding hydrogens is 350 g/mol. The molecule has 27 heavy (non-hydrogen) atoms. The monoisotopic (exact) mass is 365 g/mol. The number of rotatable bonds is 3. The zero-order valence-electron chi connectivity index (χ0n) is 14.3. The predicted molar refractivity (Wildman–Crippen MR) is 97.9 cm³/mol. The van der Waals surface area contributed by atoms with Crippen molar-refractivity contribution in [3.63, 3.8) is 0 Å². The van der Waals surface area contributed by atoms with Crippen LogP contribution < -0.4 is 26.0 Å². The Morgan fingerprint density at radius 3 is 2.59 bits per heavy atom. The van der Waals surface area contributed by atoms with Gasteiger partial charge < -0.3 is 19.8 Å². The summed E-state index contributed by atoms with van der Waals surface area (Å²) in [6.45, 7) is 2.01. The van der Waals surface area contributed by atoms with E-state index in [1.807, 2.05) is 6.92 Å². The number of H-pyrrole nitrogens is 1. The van der Waals surface area contributed by atoms with Crippen LogP contribution >= 0.6 is 0 Å². The van der Waals surface area contributed by atoms with Crippen molar-refractivity contribution in [2.75, 3.05) is 12.1 Å². The molecule has 0 radical (unpaired) electrons. The normalized spacial score (nSPS) is 12.0. The van der Waals surface area contributed by atoms with Crippen LogP contribution in [0.25, 0.3) is 5.69 Å². The van der Waals surface area contributed by atoms with E-state index in [4.69, 9.17) is 9.47 Å². The molecule has 1 aliphatic heterocycles.